The second-order valence-corrected chi connectivity index (χ2v) is 4.91. The quantitative estimate of drug-likeness (QED) is 0.808. The van der Waals surface area contributed by atoms with Crippen LogP contribution in [0, 0.1) is 0 Å². The summed E-state index contributed by atoms with van der Waals surface area (Å²) in [5.74, 6) is 0.652. The zero-order valence-electron chi connectivity index (χ0n) is 10.7. The lowest BCUT2D eigenvalue weighted by molar-refractivity contribution is 0.0852. The second-order valence-electron chi connectivity index (χ2n) is 4.91. The van der Waals surface area contributed by atoms with E-state index >= 15 is 0 Å². The van der Waals surface area contributed by atoms with Gasteiger partial charge in [0.05, 0.1) is 0 Å². The van der Waals surface area contributed by atoms with Crippen LogP contribution in [0.3, 0.4) is 0 Å². The van der Waals surface area contributed by atoms with Crippen LogP contribution in [0.4, 0.5) is 5.69 Å². The molecule has 1 heterocycles. The molecule has 2 heteroatoms. The number of hydrogen-bond donors (Lipinski definition) is 1. The fraction of sp³-hybridized carbons (Fsp3) is 0.600. The summed E-state index contributed by atoms with van der Waals surface area (Å²) in [5, 5.41) is 0. The van der Waals surface area contributed by atoms with Crippen molar-refractivity contribution in [2.45, 2.75) is 44.9 Å². The minimum Gasteiger partial charge on any atom is -0.398 e. The molecule has 2 N–H and O–H groups in total. The largest absolute Gasteiger partial charge is 0.398 e. The summed E-state index contributed by atoms with van der Waals surface area (Å²) in [5.41, 5.74) is 9.98. The van der Waals surface area contributed by atoms with Gasteiger partial charge in [-0.2, -0.15) is 0 Å². The van der Waals surface area contributed by atoms with Gasteiger partial charge in [-0.3, -0.25) is 0 Å². The Bertz CT molecular complexity index is 356. The minimum absolute atomic E-state index is 0.652. The van der Waals surface area contributed by atoms with Crippen molar-refractivity contribution in [3.8, 4) is 0 Å². The molecule has 2 nitrogen and oxygen atoms in total. The number of ether oxygens (including phenoxy) is 1. The maximum absolute atomic E-state index is 6.14. The van der Waals surface area contributed by atoms with Gasteiger partial charge in [0.2, 0.25) is 0 Å². The van der Waals surface area contributed by atoms with E-state index in [1.54, 1.807) is 0 Å². The molecule has 1 aliphatic heterocycles. The molecule has 0 radical (unpaired) electrons. The molecule has 1 aromatic rings. The van der Waals surface area contributed by atoms with Crippen LogP contribution in [0.15, 0.2) is 18.2 Å². The van der Waals surface area contributed by atoms with Gasteiger partial charge in [0.25, 0.3) is 0 Å². The molecule has 2 rings (SSSR count). The molecule has 1 fully saturated rings. The van der Waals surface area contributed by atoms with Crippen LogP contribution in [0.25, 0.3) is 0 Å². The number of nitrogen functional groups attached to an aromatic ring is 1. The molecule has 1 aliphatic rings. The molecule has 94 valence electrons. The third kappa shape index (κ3) is 3.01. The van der Waals surface area contributed by atoms with Crippen molar-refractivity contribution in [3.63, 3.8) is 0 Å². The van der Waals surface area contributed by atoms with Crippen LogP contribution in [-0.2, 0) is 11.2 Å². The zero-order valence-corrected chi connectivity index (χ0v) is 10.7. The average molecular weight is 233 g/mol. The number of rotatable bonds is 4. The lowest BCUT2D eigenvalue weighted by Gasteiger charge is -2.25. The highest BCUT2D eigenvalue weighted by molar-refractivity contribution is 5.52. The minimum atomic E-state index is 0.652. The molecule has 0 aromatic heterocycles. The molecule has 0 atom stereocenters. The van der Waals surface area contributed by atoms with Crippen molar-refractivity contribution in [1.29, 1.82) is 0 Å². The fourth-order valence-electron chi connectivity index (χ4n) is 2.66. The van der Waals surface area contributed by atoms with E-state index in [-0.39, 0.29) is 0 Å². The van der Waals surface area contributed by atoms with Crippen molar-refractivity contribution < 1.29 is 4.74 Å². The number of hydrogen-bond acceptors (Lipinski definition) is 2. The fourth-order valence-corrected chi connectivity index (χ4v) is 2.66. The van der Waals surface area contributed by atoms with Gasteiger partial charge in [-0.1, -0.05) is 25.5 Å². The Morgan fingerprint density at radius 2 is 2.06 bits per heavy atom. The van der Waals surface area contributed by atoms with E-state index < -0.39 is 0 Å². The molecule has 0 amide bonds. The van der Waals surface area contributed by atoms with Gasteiger partial charge in [0.1, 0.15) is 0 Å². The lowest BCUT2D eigenvalue weighted by Crippen LogP contribution is -2.16. The molecule has 0 aliphatic carbocycles. The first kappa shape index (κ1) is 12.4. The summed E-state index contributed by atoms with van der Waals surface area (Å²) in [6, 6.07) is 6.39. The Labute approximate surface area is 104 Å². The number of benzene rings is 1. The van der Waals surface area contributed by atoms with Crippen LogP contribution in [0.2, 0.25) is 0 Å². The van der Waals surface area contributed by atoms with Crippen LogP contribution in [0.1, 0.15) is 49.7 Å². The predicted molar refractivity (Wildman–Crippen MR) is 72.3 cm³/mol. The summed E-state index contributed by atoms with van der Waals surface area (Å²) in [6.45, 7) is 4.02. The second kappa shape index (κ2) is 6.06. The van der Waals surface area contributed by atoms with Crippen molar-refractivity contribution in [3.05, 3.63) is 29.3 Å². The third-order valence-corrected chi connectivity index (χ3v) is 3.69. The summed E-state index contributed by atoms with van der Waals surface area (Å²) in [6.07, 6.45) is 5.85. The Balaban J connectivity index is 2.21. The highest BCUT2D eigenvalue weighted by Gasteiger charge is 2.19. The van der Waals surface area contributed by atoms with Gasteiger partial charge in [-0.05, 0) is 48.8 Å². The highest BCUT2D eigenvalue weighted by Crippen LogP contribution is 2.32. The van der Waals surface area contributed by atoms with Crippen molar-refractivity contribution >= 4 is 5.69 Å². The third-order valence-electron chi connectivity index (χ3n) is 3.69. The normalized spacial score (nSPS) is 17.2. The standard InChI is InChI=1S/C15H23NO/c1-2-3-5-14-13(6-4-7-15(14)16)12-8-10-17-11-9-12/h4,6-7,12H,2-3,5,8-11,16H2,1H3. The monoisotopic (exact) mass is 233 g/mol. The number of unbranched alkanes of at least 4 members (excludes halogenated alkanes) is 1. The molecule has 17 heavy (non-hydrogen) atoms. The van der Waals surface area contributed by atoms with Crippen molar-refractivity contribution in [2.75, 3.05) is 18.9 Å². The van der Waals surface area contributed by atoms with Gasteiger partial charge in [-0.15, -0.1) is 0 Å². The summed E-state index contributed by atoms with van der Waals surface area (Å²) in [7, 11) is 0. The number of nitrogens with two attached hydrogens (primary N) is 1. The molecular formula is C15H23NO. The van der Waals surface area contributed by atoms with Crippen LogP contribution < -0.4 is 5.73 Å². The summed E-state index contributed by atoms with van der Waals surface area (Å²) in [4.78, 5) is 0. The predicted octanol–water partition coefficient (Wildman–Crippen LogP) is 3.51. The van der Waals surface area contributed by atoms with Crippen LogP contribution in [0.5, 0.6) is 0 Å². The Morgan fingerprint density at radius 3 is 2.76 bits per heavy atom. The van der Waals surface area contributed by atoms with E-state index in [1.807, 2.05) is 6.07 Å². The first-order chi connectivity index (χ1) is 8.33. The maximum atomic E-state index is 6.14. The maximum Gasteiger partial charge on any atom is 0.0471 e. The van der Waals surface area contributed by atoms with E-state index in [0.717, 1.165) is 38.2 Å². The molecular weight excluding hydrogens is 210 g/mol. The van der Waals surface area contributed by atoms with E-state index in [2.05, 4.69) is 19.1 Å². The Morgan fingerprint density at radius 1 is 1.29 bits per heavy atom. The van der Waals surface area contributed by atoms with Crippen LogP contribution >= 0.6 is 0 Å². The highest BCUT2D eigenvalue weighted by atomic mass is 16.5. The van der Waals surface area contributed by atoms with Gasteiger partial charge in [0, 0.05) is 18.9 Å². The average Bonchev–Trinajstić information content (AvgIpc) is 2.38. The van der Waals surface area contributed by atoms with E-state index in [0.29, 0.717) is 5.92 Å². The van der Waals surface area contributed by atoms with E-state index in [9.17, 15) is 0 Å². The molecule has 1 aromatic carbocycles. The summed E-state index contributed by atoms with van der Waals surface area (Å²) >= 11 is 0. The molecule has 0 spiro atoms. The van der Waals surface area contributed by atoms with Gasteiger partial charge in [0.15, 0.2) is 0 Å². The zero-order chi connectivity index (χ0) is 12.1. The smallest absolute Gasteiger partial charge is 0.0471 e. The van der Waals surface area contributed by atoms with Crippen molar-refractivity contribution in [2.24, 2.45) is 0 Å². The molecule has 1 saturated heterocycles. The van der Waals surface area contributed by atoms with E-state index in [4.69, 9.17) is 10.5 Å². The topological polar surface area (TPSA) is 35.2 Å². The Hall–Kier alpha value is -1.02. The number of anilines is 1. The van der Waals surface area contributed by atoms with Gasteiger partial charge >= 0.3 is 0 Å². The van der Waals surface area contributed by atoms with Gasteiger partial charge < -0.3 is 10.5 Å². The molecule has 0 saturated carbocycles. The Kier molecular flexibility index (Phi) is 4.43. The van der Waals surface area contributed by atoms with E-state index in [1.165, 1.54) is 24.0 Å². The molecule has 0 bridgehead atoms. The first-order valence-corrected chi connectivity index (χ1v) is 6.78. The SMILES string of the molecule is CCCCc1c(N)cccc1C1CCOCC1. The van der Waals surface area contributed by atoms with Crippen molar-refractivity contribution in [1.82, 2.24) is 0 Å². The lowest BCUT2D eigenvalue weighted by atomic mass is 9.86. The van der Waals surface area contributed by atoms with Gasteiger partial charge in [-0.25, -0.2) is 0 Å². The van der Waals surface area contributed by atoms with Crippen LogP contribution in [-0.4, -0.2) is 13.2 Å². The summed E-state index contributed by atoms with van der Waals surface area (Å²) < 4.78 is 5.44. The first-order valence-electron chi connectivity index (χ1n) is 6.78. The molecule has 0 unspecified atom stereocenters.